The van der Waals surface area contributed by atoms with Crippen molar-refractivity contribution in [2.24, 2.45) is 0 Å². The Labute approximate surface area is 139 Å². The van der Waals surface area contributed by atoms with Gasteiger partial charge in [0.1, 0.15) is 11.5 Å². The van der Waals surface area contributed by atoms with Gasteiger partial charge in [0.05, 0.1) is 17.7 Å². The highest BCUT2D eigenvalue weighted by atomic mass is 79.9. The van der Waals surface area contributed by atoms with Crippen LogP contribution in [0.1, 0.15) is 5.56 Å². The molecule has 1 aromatic heterocycles. The highest BCUT2D eigenvalue weighted by molar-refractivity contribution is 9.10. The maximum absolute atomic E-state index is 14.0. The van der Waals surface area contributed by atoms with Gasteiger partial charge < -0.3 is 9.63 Å². The number of rotatable bonds is 3. The Morgan fingerprint density at radius 2 is 1.91 bits per heavy atom. The largest absolute Gasteiger partial charge is 0.391 e. The van der Waals surface area contributed by atoms with Gasteiger partial charge in [0, 0.05) is 15.1 Å². The Kier molecular flexibility index (Phi) is 4.29. The molecule has 22 heavy (non-hydrogen) atoms. The molecule has 112 valence electrons. The molecule has 1 N–H and O–H groups in total. The first-order chi connectivity index (χ1) is 10.6. The fourth-order valence-corrected chi connectivity index (χ4v) is 2.66. The summed E-state index contributed by atoms with van der Waals surface area (Å²) in [5.41, 5.74) is 1.87. The predicted octanol–water partition coefficient (Wildman–Crippen LogP) is 5.06. The Morgan fingerprint density at radius 1 is 1.18 bits per heavy atom. The van der Waals surface area contributed by atoms with Crippen molar-refractivity contribution in [1.29, 1.82) is 0 Å². The van der Waals surface area contributed by atoms with Crippen LogP contribution < -0.4 is 0 Å². The zero-order chi connectivity index (χ0) is 15.7. The molecule has 0 aliphatic rings. The number of halogens is 3. The molecule has 6 heteroatoms. The first kappa shape index (κ1) is 15.2. The van der Waals surface area contributed by atoms with Gasteiger partial charge in [-0.2, -0.15) is 0 Å². The number of hydrogen-bond donors (Lipinski definition) is 1. The average Bonchev–Trinajstić information content (AvgIpc) is 2.94. The number of hydrogen-bond acceptors (Lipinski definition) is 3. The van der Waals surface area contributed by atoms with Gasteiger partial charge in [0.25, 0.3) is 0 Å². The van der Waals surface area contributed by atoms with Crippen LogP contribution >= 0.6 is 27.5 Å². The molecule has 3 nitrogen and oxygen atoms in total. The molecule has 0 unspecified atom stereocenters. The molecular weight excluding hydrogens is 373 g/mol. The van der Waals surface area contributed by atoms with E-state index in [1.807, 2.05) is 0 Å². The molecule has 0 saturated heterocycles. The molecule has 3 rings (SSSR count). The van der Waals surface area contributed by atoms with E-state index in [9.17, 15) is 9.50 Å². The number of benzene rings is 2. The van der Waals surface area contributed by atoms with Crippen molar-refractivity contribution in [3.8, 4) is 22.6 Å². The summed E-state index contributed by atoms with van der Waals surface area (Å²) in [4.78, 5) is 0. The van der Waals surface area contributed by atoms with Gasteiger partial charge in [-0.05, 0) is 30.3 Å². The highest BCUT2D eigenvalue weighted by Crippen LogP contribution is 2.35. The molecule has 0 aliphatic carbocycles. The Morgan fingerprint density at radius 3 is 2.59 bits per heavy atom. The van der Waals surface area contributed by atoms with E-state index in [0.29, 0.717) is 20.8 Å². The fourth-order valence-electron chi connectivity index (χ4n) is 2.17. The summed E-state index contributed by atoms with van der Waals surface area (Å²) in [5, 5.41) is 14.2. The third kappa shape index (κ3) is 2.79. The van der Waals surface area contributed by atoms with E-state index in [1.165, 1.54) is 6.07 Å². The number of aliphatic hydroxyl groups is 1. The summed E-state index contributed by atoms with van der Waals surface area (Å²) in [5.74, 6) is -0.233. The van der Waals surface area contributed by atoms with E-state index in [0.717, 1.165) is 5.56 Å². The summed E-state index contributed by atoms with van der Waals surface area (Å²) in [6.45, 7) is -0.317. The fraction of sp³-hybridized carbons (Fsp3) is 0.0625. The Bertz CT molecular complexity index is 818. The lowest BCUT2D eigenvalue weighted by Crippen LogP contribution is -1.91. The topological polar surface area (TPSA) is 46.3 Å². The van der Waals surface area contributed by atoms with Crippen LogP contribution in [0, 0.1) is 5.82 Å². The maximum Gasteiger partial charge on any atom is 0.175 e. The third-order valence-corrected chi connectivity index (χ3v) is 3.98. The minimum absolute atomic E-state index is 0.214. The summed E-state index contributed by atoms with van der Waals surface area (Å²) in [6.07, 6.45) is 0. The molecule has 0 amide bonds. The molecule has 0 saturated carbocycles. The van der Waals surface area contributed by atoms with Crippen LogP contribution in [0.15, 0.2) is 51.5 Å². The molecule has 0 spiro atoms. The van der Waals surface area contributed by atoms with E-state index in [4.69, 9.17) is 16.1 Å². The summed E-state index contributed by atoms with van der Waals surface area (Å²) in [7, 11) is 0. The van der Waals surface area contributed by atoms with Gasteiger partial charge >= 0.3 is 0 Å². The van der Waals surface area contributed by atoms with Crippen LogP contribution in [-0.2, 0) is 6.61 Å². The zero-order valence-electron chi connectivity index (χ0n) is 11.2. The molecule has 2 aromatic carbocycles. The normalized spacial score (nSPS) is 10.9. The zero-order valence-corrected chi connectivity index (χ0v) is 13.5. The van der Waals surface area contributed by atoms with Crippen LogP contribution in [0.5, 0.6) is 0 Å². The molecule has 0 fully saturated rings. The van der Waals surface area contributed by atoms with Crippen LogP contribution in [0.2, 0.25) is 5.02 Å². The van der Waals surface area contributed by atoms with E-state index in [-0.39, 0.29) is 17.9 Å². The van der Waals surface area contributed by atoms with Gasteiger partial charge in [-0.1, -0.05) is 44.8 Å². The molecule has 0 atom stereocenters. The second-order valence-corrected chi connectivity index (χ2v) is 5.98. The van der Waals surface area contributed by atoms with Crippen LogP contribution in [0.4, 0.5) is 4.39 Å². The lowest BCUT2D eigenvalue weighted by Gasteiger charge is -2.03. The summed E-state index contributed by atoms with van der Waals surface area (Å²) in [6, 6.07) is 11.5. The smallest absolute Gasteiger partial charge is 0.175 e. The minimum Gasteiger partial charge on any atom is -0.391 e. The van der Waals surface area contributed by atoms with Gasteiger partial charge in [-0.25, -0.2) is 4.39 Å². The van der Waals surface area contributed by atoms with Crippen molar-refractivity contribution in [2.75, 3.05) is 0 Å². The van der Waals surface area contributed by atoms with Gasteiger partial charge in [0.15, 0.2) is 5.76 Å². The minimum atomic E-state index is -0.447. The molecule has 0 aliphatic heterocycles. The monoisotopic (exact) mass is 381 g/mol. The molecule has 0 bridgehead atoms. The standard InChI is InChI=1S/C16H10BrClFNO2/c17-10-3-6-14(19)12(7-10)16-13(8-21)15(20-22-16)9-1-4-11(18)5-2-9/h1-7,21H,8H2. The van der Waals surface area contributed by atoms with Crippen molar-refractivity contribution >= 4 is 27.5 Å². The second kappa shape index (κ2) is 6.20. The molecule has 3 aromatic rings. The number of aliphatic hydroxyl groups excluding tert-OH is 1. The highest BCUT2D eigenvalue weighted by Gasteiger charge is 2.21. The Hall–Kier alpha value is -1.69. The van der Waals surface area contributed by atoms with E-state index in [2.05, 4.69) is 21.1 Å². The van der Waals surface area contributed by atoms with Crippen LogP contribution in [0.3, 0.4) is 0 Å². The lowest BCUT2D eigenvalue weighted by molar-refractivity contribution is 0.281. The van der Waals surface area contributed by atoms with E-state index < -0.39 is 5.82 Å². The third-order valence-electron chi connectivity index (χ3n) is 3.24. The lowest BCUT2D eigenvalue weighted by atomic mass is 10.0. The van der Waals surface area contributed by atoms with E-state index in [1.54, 1.807) is 36.4 Å². The van der Waals surface area contributed by atoms with E-state index >= 15 is 0 Å². The van der Waals surface area contributed by atoms with Crippen LogP contribution in [0.25, 0.3) is 22.6 Å². The van der Waals surface area contributed by atoms with Crippen molar-refractivity contribution in [3.05, 3.63) is 63.3 Å². The second-order valence-electron chi connectivity index (χ2n) is 4.63. The van der Waals surface area contributed by atoms with Crippen molar-refractivity contribution in [3.63, 3.8) is 0 Å². The molecule has 0 radical (unpaired) electrons. The SMILES string of the molecule is OCc1c(-c2ccc(Cl)cc2)noc1-c1cc(Br)ccc1F. The maximum atomic E-state index is 14.0. The van der Waals surface area contributed by atoms with Crippen LogP contribution in [-0.4, -0.2) is 10.3 Å². The number of aromatic nitrogens is 1. The summed E-state index contributed by atoms with van der Waals surface area (Å²) >= 11 is 9.16. The first-order valence-corrected chi connectivity index (χ1v) is 7.58. The van der Waals surface area contributed by atoms with Gasteiger partial charge in [-0.3, -0.25) is 0 Å². The quantitative estimate of drug-likeness (QED) is 0.689. The number of nitrogens with zero attached hydrogens (tertiary/aromatic N) is 1. The van der Waals surface area contributed by atoms with Gasteiger partial charge in [0.2, 0.25) is 0 Å². The molecule has 1 heterocycles. The van der Waals surface area contributed by atoms with Gasteiger partial charge in [-0.15, -0.1) is 0 Å². The van der Waals surface area contributed by atoms with Crippen molar-refractivity contribution in [1.82, 2.24) is 5.16 Å². The molecular formula is C16H10BrClFNO2. The predicted molar refractivity (Wildman–Crippen MR) is 86.0 cm³/mol. The Balaban J connectivity index is 2.15. The summed E-state index contributed by atoms with van der Waals surface area (Å²) < 4.78 is 20.0. The first-order valence-electron chi connectivity index (χ1n) is 6.41. The van der Waals surface area contributed by atoms with Crippen molar-refractivity contribution in [2.45, 2.75) is 6.61 Å². The average molecular weight is 383 g/mol. The van der Waals surface area contributed by atoms with Crippen molar-refractivity contribution < 1.29 is 14.0 Å².